The average molecular weight is 1010 g/mol. The van der Waals surface area contributed by atoms with Crippen LogP contribution in [0.4, 0.5) is 0 Å². The molecule has 0 saturated carbocycles. The number of nitrogens with zero attached hydrogens (tertiary/aromatic N) is 3. The number of nitrogens with one attached hydrogen (secondary N) is 2. The molecule has 4 rings (SSSR count). The summed E-state index contributed by atoms with van der Waals surface area (Å²) >= 11 is 1.34. The van der Waals surface area contributed by atoms with E-state index in [4.69, 9.17) is 39.1 Å². The summed E-state index contributed by atoms with van der Waals surface area (Å²) in [5.41, 5.74) is 7.51. The quantitative estimate of drug-likeness (QED) is 0.0306. The van der Waals surface area contributed by atoms with Gasteiger partial charge < -0.3 is 49.7 Å². The second-order valence-corrected chi connectivity index (χ2v) is 19.8. The SMILES string of the molecule is CCCO[C@H](CC(C(C)C)N(COCC)C(=O)[C@@H](NC(=O)[C@H]1CCCCN1C)[C@@H](C)CC)c1nc(C(=O)N[C@@H](Cc2ccc(OCCOCCOCCN)cc2)C[C@H](C)C(=O)OCc2ccccc2)cs1. The van der Waals surface area contributed by atoms with Crippen LogP contribution in [0.1, 0.15) is 126 Å². The summed E-state index contributed by atoms with van der Waals surface area (Å²) in [5, 5.41) is 8.71. The van der Waals surface area contributed by atoms with Gasteiger partial charge in [0.25, 0.3) is 5.91 Å². The van der Waals surface area contributed by atoms with Crippen LogP contribution in [0.15, 0.2) is 60.0 Å². The molecule has 71 heavy (non-hydrogen) atoms. The smallest absolute Gasteiger partial charge is 0.309 e. The van der Waals surface area contributed by atoms with Crippen molar-refractivity contribution < 1.29 is 47.6 Å². The van der Waals surface area contributed by atoms with Crippen LogP contribution in [0, 0.1) is 17.8 Å². The van der Waals surface area contributed by atoms with Gasteiger partial charge in [-0.2, -0.15) is 0 Å². The third-order valence-corrected chi connectivity index (χ3v) is 13.8. The number of carbonyl (C=O) groups excluding carboxylic acids is 4. The van der Waals surface area contributed by atoms with Crippen LogP contribution in [-0.2, 0) is 51.1 Å². The van der Waals surface area contributed by atoms with Crippen molar-refractivity contribution in [3.8, 4) is 5.75 Å². The molecule has 4 N–H and O–H groups in total. The Morgan fingerprint density at radius 1 is 0.859 bits per heavy atom. The first kappa shape index (κ1) is 59.1. The topological polar surface area (TPSA) is 193 Å². The Labute approximate surface area is 427 Å². The zero-order valence-corrected chi connectivity index (χ0v) is 44.6. The van der Waals surface area contributed by atoms with E-state index in [9.17, 15) is 19.2 Å². The lowest BCUT2D eigenvalue weighted by molar-refractivity contribution is -0.150. The van der Waals surface area contributed by atoms with Gasteiger partial charge in [-0.25, -0.2) is 4.98 Å². The first-order valence-electron chi connectivity index (χ1n) is 25.8. The highest BCUT2D eigenvalue weighted by Gasteiger charge is 2.39. The van der Waals surface area contributed by atoms with Gasteiger partial charge in [-0.05, 0) is 87.7 Å². The largest absolute Gasteiger partial charge is 0.491 e. The number of benzene rings is 2. The lowest BCUT2D eigenvalue weighted by Gasteiger charge is -2.40. The number of hydrogen-bond acceptors (Lipinski definition) is 14. The molecule has 1 aromatic heterocycles. The first-order chi connectivity index (χ1) is 34.3. The van der Waals surface area contributed by atoms with E-state index in [0.29, 0.717) is 89.2 Å². The van der Waals surface area contributed by atoms with Crippen LogP contribution in [-0.4, -0.2) is 136 Å². The van der Waals surface area contributed by atoms with E-state index in [-0.39, 0.29) is 66.6 Å². The fourth-order valence-corrected chi connectivity index (χ4v) is 9.38. The van der Waals surface area contributed by atoms with Gasteiger partial charge in [-0.1, -0.05) is 96.8 Å². The van der Waals surface area contributed by atoms with Crippen molar-refractivity contribution in [2.24, 2.45) is 23.5 Å². The fourth-order valence-electron chi connectivity index (χ4n) is 8.53. The highest BCUT2D eigenvalue weighted by molar-refractivity contribution is 7.09. The van der Waals surface area contributed by atoms with Gasteiger partial charge in [-0.15, -0.1) is 11.3 Å². The lowest BCUT2D eigenvalue weighted by atomic mass is 9.92. The summed E-state index contributed by atoms with van der Waals surface area (Å²) in [5.74, 6) is -1.05. The average Bonchev–Trinajstić information content (AvgIpc) is 3.87. The molecule has 1 aliphatic rings. The summed E-state index contributed by atoms with van der Waals surface area (Å²) < 4.78 is 35.0. The van der Waals surface area contributed by atoms with Gasteiger partial charge in [0.2, 0.25) is 11.8 Å². The number of piperidine rings is 1. The molecule has 2 heterocycles. The minimum Gasteiger partial charge on any atom is -0.491 e. The zero-order chi connectivity index (χ0) is 51.5. The summed E-state index contributed by atoms with van der Waals surface area (Å²) in [6, 6.07) is 15.3. The van der Waals surface area contributed by atoms with E-state index in [0.717, 1.165) is 43.4 Å². The van der Waals surface area contributed by atoms with E-state index in [1.807, 2.05) is 96.3 Å². The highest BCUT2D eigenvalue weighted by atomic mass is 32.1. The molecule has 1 aliphatic heterocycles. The Bertz CT molecular complexity index is 1990. The van der Waals surface area contributed by atoms with Gasteiger partial charge in [0.1, 0.15) is 48.5 Å². The van der Waals surface area contributed by atoms with Crippen molar-refractivity contribution in [3.05, 3.63) is 81.8 Å². The molecule has 16 nitrogen and oxygen atoms in total. The van der Waals surface area contributed by atoms with E-state index in [1.165, 1.54) is 11.3 Å². The van der Waals surface area contributed by atoms with Crippen molar-refractivity contribution >= 4 is 35.0 Å². The molecule has 396 valence electrons. The molecular formula is C54H84N6O10S. The van der Waals surface area contributed by atoms with Crippen LogP contribution < -0.4 is 21.1 Å². The van der Waals surface area contributed by atoms with Crippen molar-refractivity contribution in [2.75, 3.05) is 73.1 Å². The molecule has 0 aliphatic carbocycles. The minimum atomic E-state index is -0.745. The second kappa shape index (κ2) is 32.6. The van der Waals surface area contributed by atoms with Crippen LogP contribution in [0.5, 0.6) is 5.75 Å². The predicted octanol–water partition coefficient (Wildman–Crippen LogP) is 7.34. The molecule has 17 heteroatoms. The van der Waals surface area contributed by atoms with E-state index in [1.54, 1.807) is 10.3 Å². The highest BCUT2D eigenvalue weighted by Crippen LogP contribution is 2.32. The number of carbonyl (C=O) groups is 4. The molecule has 1 unspecified atom stereocenters. The number of rotatable bonds is 34. The maximum atomic E-state index is 14.9. The standard InChI is InChI=1S/C54H84N6O10S/c1-9-26-69-48(34-47(38(4)5)60(37-65-11-3)53(63)49(39(6)10-2)58-51(62)46-19-15-16-25-59(46)8)52-57-45(36-71-52)50(61)56-43(32-40(7)54(64)70-35-42-17-13-12-14-18-42)33-41-20-22-44(23-21-41)68-31-30-67-29-28-66-27-24-55/h12-14,17-18,20-23,36,38-40,43,46-49H,9-11,15-16,19,24-35,37,55H2,1-8H3,(H,56,61)(H,58,62)/t39-,40-,43+,46+,47?,48+,49-/m0/s1. The second-order valence-electron chi connectivity index (χ2n) is 18.9. The van der Waals surface area contributed by atoms with Crippen LogP contribution in [0.25, 0.3) is 0 Å². The van der Waals surface area contributed by atoms with Gasteiger partial charge in [-0.3, -0.25) is 24.1 Å². The van der Waals surface area contributed by atoms with Gasteiger partial charge >= 0.3 is 5.97 Å². The van der Waals surface area contributed by atoms with Crippen molar-refractivity contribution in [1.82, 2.24) is 25.4 Å². The van der Waals surface area contributed by atoms with Crippen molar-refractivity contribution in [3.63, 3.8) is 0 Å². The van der Waals surface area contributed by atoms with Crippen LogP contribution >= 0.6 is 11.3 Å². The lowest BCUT2D eigenvalue weighted by Crippen LogP contribution is -2.59. The van der Waals surface area contributed by atoms with Crippen molar-refractivity contribution in [2.45, 2.75) is 137 Å². The molecule has 0 bridgehead atoms. The molecule has 7 atom stereocenters. The van der Waals surface area contributed by atoms with E-state index < -0.39 is 24.1 Å². The number of hydrogen-bond donors (Lipinski definition) is 3. The number of thiazole rings is 1. The van der Waals surface area contributed by atoms with Crippen LogP contribution in [0.2, 0.25) is 0 Å². The Balaban J connectivity index is 1.53. The predicted molar refractivity (Wildman–Crippen MR) is 277 cm³/mol. The molecule has 0 radical (unpaired) electrons. The molecule has 2 aromatic carbocycles. The molecular weight excluding hydrogens is 925 g/mol. The monoisotopic (exact) mass is 1010 g/mol. The number of likely N-dealkylation sites (N-methyl/N-ethyl adjacent to an activating group) is 1. The molecule has 3 aromatic rings. The summed E-state index contributed by atoms with van der Waals surface area (Å²) in [4.78, 5) is 64.9. The van der Waals surface area contributed by atoms with E-state index in [2.05, 4.69) is 29.4 Å². The number of ether oxygens (including phenoxy) is 6. The van der Waals surface area contributed by atoms with E-state index >= 15 is 0 Å². The van der Waals surface area contributed by atoms with Crippen molar-refractivity contribution in [1.29, 1.82) is 0 Å². The Morgan fingerprint density at radius 3 is 2.24 bits per heavy atom. The summed E-state index contributed by atoms with van der Waals surface area (Å²) in [7, 11) is 1.97. The number of nitrogens with two attached hydrogens (primary N) is 1. The Hall–Kier alpha value is -4.49. The number of esters is 1. The fraction of sp³-hybridized carbons (Fsp3) is 0.648. The molecule has 1 fully saturated rings. The molecule has 0 spiro atoms. The molecule has 3 amide bonds. The third kappa shape index (κ3) is 20.2. The Kier molecular flexibility index (Phi) is 27.1. The minimum absolute atomic E-state index is 0.0263. The van der Waals surface area contributed by atoms with Gasteiger partial charge in [0, 0.05) is 43.6 Å². The Morgan fingerprint density at radius 2 is 1.58 bits per heavy atom. The maximum Gasteiger partial charge on any atom is 0.309 e. The third-order valence-electron chi connectivity index (χ3n) is 12.9. The number of aromatic nitrogens is 1. The van der Waals surface area contributed by atoms with Gasteiger partial charge in [0.05, 0.1) is 38.4 Å². The molecule has 1 saturated heterocycles. The number of likely N-dealkylation sites (tertiary alicyclic amines) is 1. The van der Waals surface area contributed by atoms with Gasteiger partial charge in [0.15, 0.2) is 0 Å². The first-order valence-corrected chi connectivity index (χ1v) is 26.7. The zero-order valence-electron chi connectivity index (χ0n) is 43.7. The summed E-state index contributed by atoms with van der Waals surface area (Å²) in [6.07, 6.45) is 4.81. The summed E-state index contributed by atoms with van der Waals surface area (Å²) in [6.45, 7) is 18.5. The maximum absolute atomic E-state index is 14.9. The normalized spacial score (nSPS) is 16.6. The van der Waals surface area contributed by atoms with Crippen LogP contribution in [0.3, 0.4) is 0 Å². The number of amides is 3.